The SMILES string of the molecule is Cc1cc(Br)c2ccc3cc(Br)ccc3c2c1. The van der Waals surface area contributed by atoms with E-state index in [0.29, 0.717) is 0 Å². The van der Waals surface area contributed by atoms with Crippen LogP contribution in [0.25, 0.3) is 21.5 Å². The third kappa shape index (κ3) is 1.90. The number of fused-ring (bicyclic) bond motifs is 3. The van der Waals surface area contributed by atoms with E-state index in [1.54, 1.807) is 0 Å². The molecule has 0 aromatic heterocycles. The van der Waals surface area contributed by atoms with Gasteiger partial charge in [-0.1, -0.05) is 56.1 Å². The Bertz CT molecular complexity index is 730. The summed E-state index contributed by atoms with van der Waals surface area (Å²) < 4.78 is 2.29. The molecule has 3 rings (SSSR count). The number of benzene rings is 3. The van der Waals surface area contributed by atoms with E-state index in [1.165, 1.54) is 27.1 Å². The maximum atomic E-state index is 3.64. The summed E-state index contributed by atoms with van der Waals surface area (Å²) in [6.45, 7) is 2.13. The van der Waals surface area contributed by atoms with E-state index in [1.807, 2.05) is 0 Å². The molecule has 0 heterocycles. The van der Waals surface area contributed by atoms with Crippen molar-refractivity contribution in [3.63, 3.8) is 0 Å². The summed E-state index contributed by atoms with van der Waals surface area (Å²) >= 11 is 7.15. The molecule has 3 aromatic rings. The highest BCUT2D eigenvalue weighted by Crippen LogP contribution is 2.32. The Labute approximate surface area is 117 Å². The Morgan fingerprint density at radius 2 is 1.53 bits per heavy atom. The van der Waals surface area contributed by atoms with Gasteiger partial charge in [-0.05, 0) is 52.2 Å². The Balaban J connectivity index is 2.55. The lowest BCUT2D eigenvalue weighted by molar-refractivity contribution is 1.49. The first-order valence-electron chi connectivity index (χ1n) is 5.43. The van der Waals surface area contributed by atoms with Crippen molar-refractivity contribution in [3.05, 3.63) is 57.0 Å². The molecule has 0 atom stereocenters. The van der Waals surface area contributed by atoms with Crippen molar-refractivity contribution in [2.24, 2.45) is 0 Å². The lowest BCUT2D eigenvalue weighted by Crippen LogP contribution is -1.81. The van der Waals surface area contributed by atoms with Gasteiger partial charge in [0, 0.05) is 8.95 Å². The van der Waals surface area contributed by atoms with Gasteiger partial charge in [0.1, 0.15) is 0 Å². The molecule has 0 aliphatic rings. The summed E-state index contributed by atoms with van der Waals surface area (Å²) in [4.78, 5) is 0. The maximum absolute atomic E-state index is 3.64. The monoisotopic (exact) mass is 348 g/mol. The molecular formula is C15H10Br2. The number of hydrogen-bond donors (Lipinski definition) is 0. The molecule has 0 fully saturated rings. The van der Waals surface area contributed by atoms with E-state index in [9.17, 15) is 0 Å². The van der Waals surface area contributed by atoms with Gasteiger partial charge in [0.15, 0.2) is 0 Å². The van der Waals surface area contributed by atoms with Crippen LogP contribution in [-0.2, 0) is 0 Å². The molecule has 17 heavy (non-hydrogen) atoms. The van der Waals surface area contributed by atoms with Gasteiger partial charge in [-0.2, -0.15) is 0 Å². The fourth-order valence-corrected chi connectivity index (χ4v) is 3.32. The van der Waals surface area contributed by atoms with Crippen LogP contribution in [0.4, 0.5) is 0 Å². The number of halogens is 2. The summed E-state index contributed by atoms with van der Waals surface area (Å²) in [5, 5.41) is 5.15. The predicted octanol–water partition coefficient (Wildman–Crippen LogP) is 5.83. The summed E-state index contributed by atoms with van der Waals surface area (Å²) in [6.07, 6.45) is 0. The van der Waals surface area contributed by atoms with E-state index in [4.69, 9.17) is 0 Å². The molecule has 0 amide bonds. The van der Waals surface area contributed by atoms with Gasteiger partial charge in [0.2, 0.25) is 0 Å². The van der Waals surface area contributed by atoms with Crippen LogP contribution >= 0.6 is 31.9 Å². The van der Waals surface area contributed by atoms with Crippen LogP contribution in [0.3, 0.4) is 0 Å². The number of hydrogen-bond acceptors (Lipinski definition) is 0. The Morgan fingerprint density at radius 3 is 2.35 bits per heavy atom. The van der Waals surface area contributed by atoms with Crippen LogP contribution in [0.15, 0.2) is 51.4 Å². The molecule has 0 saturated carbocycles. The van der Waals surface area contributed by atoms with Crippen molar-refractivity contribution in [1.29, 1.82) is 0 Å². The molecule has 0 unspecified atom stereocenters. The van der Waals surface area contributed by atoms with Crippen molar-refractivity contribution in [3.8, 4) is 0 Å². The topological polar surface area (TPSA) is 0 Å². The van der Waals surface area contributed by atoms with Gasteiger partial charge >= 0.3 is 0 Å². The zero-order valence-corrected chi connectivity index (χ0v) is 12.5. The quantitative estimate of drug-likeness (QED) is 0.448. The maximum Gasteiger partial charge on any atom is 0.0256 e. The van der Waals surface area contributed by atoms with Gasteiger partial charge in [-0.25, -0.2) is 0 Å². The first-order chi connectivity index (χ1) is 8.15. The van der Waals surface area contributed by atoms with Crippen LogP contribution in [0.5, 0.6) is 0 Å². The fraction of sp³-hybridized carbons (Fsp3) is 0.0667. The summed E-state index contributed by atoms with van der Waals surface area (Å²) in [5.74, 6) is 0. The average Bonchev–Trinajstić information content (AvgIpc) is 2.27. The van der Waals surface area contributed by atoms with Gasteiger partial charge < -0.3 is 0 Å². The minimum Gasteiger partial charge on any atom is -0.0537 e. The highest BCUT2D eigenvalue weighted by atomic mass is 79.9. The van der Waals surface area contributed by atoms with Gasteiger partial charge in [0.25, 0.3) is 0 Å². The highest BCUT2D eigenvalue weighted by molar-refractivity contribution is 9.11. The van der Waals surface area contributed by atoms with E-state index < -0.39 is 0 Å². The lowest BCUT2D eigenvalue weighted by atomic mass is 10.0. The number of rotatable bonds is 0. The molecule has 0 radical (unpaired) electrons. The molecule has 0 aliphatic heterocycles. The van der Waals surface area contributed by atoms with E-state index in [-0.39, 0.29) is 0 Å². The van der Waals surface area contributed by atoms with Crippen molar-refractivity contribution >= 4 is 53.4 Å². The summed E-state index contributed by atoms with van der Waals surface area (Å²) in [7, 11) is 0. The highest BCUT2D eigenvalue weighted by Gasteiger charge is 2.04. The average molecular weight is 350 g/mol. The minimum absolute atomic E-state index is 1.12. The van der Waals surface area contributed by atoms with E-state index in [2.05, 4.69) is 81.2 Å². The van der Waals surface area contributed by atoms with Crippen molar-refractivity contribution < 1.29 is 0 Å². The van der Waals surface area contributed by atoms with Crippen LogP contribution in [0.2, 0.25) is 0 Å². The Morgan fingerprint density at radius 1 is 0.765 bits per heavy atom. The first-order valence-corrected chi connectivity index (χ1v) is 7.02. The lowest BCUT2D eigenvalue weighted by Gasteiger charge is -2.07. The van der Waals surface area contributed by atoms with E-state index in [0.717, 1.165) is 8.95 Å². The first kappa shape index (κ1) is 11.2. The molecule has 0 N–H and O–H groups in total. The standard InChI is InChI=1S/C15H10Br2/c1-9-6-14-12-5-3-11(16)8-10(12)2-4-13(14)15(17)7-9/h2-8H,1H3. The molecule has 0 spiro atoms. The molecular weight excluding hydrogens is 340 g/mol. The van der Waals surface area contributed by atoms with Crippen molar-refractivity contribution in [2.75, 3.05) is 0 Å². The normalized spacial score (nSPS) is 11.2. The van der Waals surface area contributed by atoms with Gasteiger partial charge in [0.05, 0.1) is 0 Å². The largest absolute Gasteiger partial charge is 0.0537 e. The van der Waals surface area contributed by atoms with Crippen LogP contribution < -0.4 is 0 Å². The second kappa shape index (κ2) is 4.11. The molecule has 0 bridgehead atoms. The summed E-state index contributed by atoms with van der Waals surface area (Å²) in [5.41, 5.74) is 1.28. The Hall–Kier alpha value is -0.860. The second-order valence-corrected chi connectivity index (χ2v) is 6.04. The molecule has 0 nitrogen and oxygen atoms in total. The molecule has 0 saturated heterocycles. The van der Waals surface area contributed by atoms with Gasteiger partial charge in [-0.15, -0.1) is 0 Å². The zero-order valence-electron chi connectivity index (χ0n) is 9.30. The minimum atomic E-state index is 1.12. The van der Waals surface area contributed by atoms with Crippen LogP contribution in [0.1, 0.15) is 5.56 Å². The third-order valence-electron chi connectivity index (χ3n) is 3.01. The Kier molecular flexibility index (Phi) is 2.72. The molecule has 84 valence electrons. The molecule has 0 aliphatic carbocycles. The third-order valence-corrected chi connectivity index (χ3v) is 4.16. The van der Waals surface area contributed by atoms with Crippen LogP contribution in [0, 0.1) is 6.92 Å². The van der Waals surface area contributed by atoms with Crippen molar-refractivity contribution in [1.82, 2.24) is 0 Å². The van der Waals surface area contributed by atoms with Crippen molar-refractivity contribution in [2.45, 2.75) is 6.92 Å². The number of aryl methyl sites for hydroxylation is 1. The van der Waals surface area contributed by atoms with Gasteiger partial charge in [-0.3, -0.25) is 0 Å². The second-order valence-electron chi connectivity index (χ2n) is 4.27. The fourth-order valence-electron chi connectivity index (χ4n) is 2.24. The van der Waals surface area contributed by atoms with Crippen LogP contribution in [-0.4, -0.2) is 0 Å². The molecule has 2 heteroatoms. The van der Waals surface area contributed by atoms with E-state index >= 15 is 0 Å². The predicted molar refractivity (Wildman–Crippen MR) is 81.6 cm³/mol. The molecule has 3 aromatic carbocycles. The zero-order chi connectivity index (χ0) is 12.0. The summed E-state index contributed by atoms with van der Waals surface area (Å²) in [6, 6.07) is 15.2. The smallest absolute Gasteiger partial charge is 0.0256 e.